The summed E-state index contributed by atoms with van der Waals surface area (Å²) in [7, 11) is 0. The van der Waals surface area contributed by atoms with Crippen LogP contribution in [0.2, 0.25) is 0 Å². The van der Waals surface area contributed by atoms with Crippen LogP contribution in [0.1, 0.15) is 44.6 Å². The van der Waals surface area contributed by atoms with Gasteiger partial charge in [0.05, 0.1) is 0 Å². The SMILES string of the molecule is CC(=O)N(CC(=O)NC1CCCCC1)c1cccc(C)c1. The van der Waals surface area contributed by atoms with Crippen molar-refractivity contribution >= 4 is 17.5 Å². The third-order valence-corrected chi connectivity index (χ3v) is 3.97. The fourth-order valence-corrected chi connectivity index (χ4v) is 2.84. The van der Waals surface area contributed by atoms with Crippen molar-refractivity contribution < 1.29 is 9.59 Å². The van der Waals surface area contributed by atoms with E-state index in [4.69, 9.17) is 0 Å². The van der Waals surface area contributed by atoms with E-state index >= 15 is 0 Å². The minimum absolute atomic E-state index is 0.0707. The normalized spacial score (nSPS) is 15.5. The number of amides is 2. The van der Waals surface area contributed by atoms with Crippen LogP contribution in [0, 0.1) is 6.92 Å². The minimum atomic E-state index is -0.112. The summed E-state index contributed by atoms with van der Waals surface area (Å²) in [6, 6.07) is 7.94. The predicted octanol–water partition coefficient (Wildman–Crippen LogP) is 2.80. The molecule has 0 spiro atoms. The summed E-state index contributed by atoms with van der Waals surface area (Å²) in [4.78, 5) is 25.5. The van der Waals surface area contributed by atoms with E-state index in [1.54, 1.807) is 0 Å². The van der Waals surface area contributed by atoms with E-state index in [-0.39, 0.29) is 24.4 Å². The zero-order valence-corrected chi connectivity index (χ0v) is 12.9. The van der Waals surface area contributed by atoms with Crippen LogP contribution in [0.25, 0.3) is 0 Å². The molecule has 4 heteroatoms. The molecule has 21 heavy (non-hydrogen) atoms. The highest BCUT2D eigenvalue weighted by Gasteiger charge is 2.19. The van der Waals surface area contributed by atoms with Gasteiger partial charge in [-0.3, -0.25) is 9.59 Å². The molecule has 2 rings (SSSR count). The fourth-order valence-electron chi connectivity index (χ4n) is 2.84. The topological polar surface area (TPSA) is 49.4 Å². The van der Waals surface area contributed by atoms with Crippen LogP contribution in [-0.2, 0) is 9.59 Å². The molecule has 0 unspecified atom stereocenters. The van der Waals surface area contributed by atoms with Gasteiger partial charge in [-0.15, -0.1) is 0 Å². The number of carbonyl (C=O) groups is 2. The summed E-state index contributed by atoms with van der Waals surface area (Å²) in [5.41, 5.74) is 1.85. The standard InChI is InChI=1S/C17H24N2O2/c1-13-7-6-10-16(11-13)19(14(2)20)12-17(21)18-15-8-4-3-5-9-15/h6-7,10-11,15H,3-5,8-9,12H2,1-2H3,(H,18,21). The van der Waals surface area contributed by atoms with Gasteiger partial charge in [0.15, 0.2) is 0 Å². The monoisotopic (exact) mass is 288 g/mol. The second-order valence-electron chi connectivity index (χ2n) is 5.85. The first-order valence-corrected chi connectivity index (χ1v) is 7.70. The van der Waals surface area contributed by atoms with E-state index < -0.39 is 0 Å². The van der Waals surface area contributed by atoms with E-state index in [0.29, 0.717) is 0 Å². The first-order valence-electron chi connectivity index (χ1n) is 7.70. The molecule has 1 aromatic rings. The second-order valence-corrected chi connectivity index (χ2v) is 5.85. The molecule has 1 fully saturated rings. The number of hydrogen-bond acceptors (Lipinski definition) is 2. The van der Waals surface area contributed by atoms with Gasteiger partial charge in [-0.05, 0) is 37.5 Å². The first kappa shape index (κ1) is 15.5. The third-order valence-electron chi connectivity index (χ3n) is 3.97. The highest BCUT2D eigenvalue weighted by molar-refractivity contribution is 5.97. The summed E-state index contributed by atoms with van der Waals surface area (Å²) in [6.07, 6.45) is 5.72. The van der Waals surface area contributed by atoms with Crippen molar-refractivity contribution in [2.45, 2.75) is 52.0 Å². The summed E-state index contributed by atoms with van der Waals surface area (Å²) in [5, 5.41) is 3.06. The highest BCUT2D eigenvalue weighted by Crippen LogP contribution is 2.18. The summed E-state index contributed by atoms with van der Waals surface area (Å²) in [5.74, 6) is -0.182. The molecule has 0 radical (unpaired) electrons. The molecule has 0 atom stereocenters. The zero-order chi connectivity index (χ0) is 15.2. The van der Waals surface area contributed by atoms with Crippen molar-refractivity contribution in [3.8, 4) is 0 Å². The summed E-state index contributed by atoms with van der Waals surface area (Å²) >= 11 is 0. The largest absolute Gasteiger partial charge is 0.352 e. The van der Waals surface area contributed by atoms with Crippen molar-refractivity contribution in [1.29, 1.82) is 0 Å². The van der Waals surface area contributed by atoms with Crippen LogP contribution in [0.5, 0.6) is 0 Å². The maximum atomic E-state index is 12.2. The Bertz CT molecular complexity index is 507. The Morgan fingerprint density at radius 2 is 1.95 bits per heavy atom. The van der Waals surface area contributed by atoms with Crippen molar-refractivity contribution in [3.63, 3.8) is 0 Å². The Morgan fingerprint density at radius 1 is 1.24 bits per heavy atom. The average Bonchev–Trinajstić information content (AvgIpc) is 2.45. The Kier molecular flexibility index (Phi) is 5.37. The average molecular weight is 288 g/mol. The van der Waals surface area contributed by atoms with Gasteiger partial charge in [-0.25, -0.2) is 0 Å². The molecule has 1 aromatic carbocycles. The maximum Gasteiger partial charge on any atom is 0.240 e. The molecule has 0 aliphatic heterocycles. The van der Waals surface area contributed by atoms with E-state index in [2.05, 4.69) is 5.32 Å². The molecule has 0 heterocycles. The van der Waals surface area contributed by atoms with Crippen molar-refractivity contribution in [3.05, 3.63) is 29.8 Å². The summed E-state index contributed by atoms with van der Waals surface area (Å²) < 4.78 is 0. The van der Waals surface area contributed by atoms with E-state index in [1.165, 1.54) is 31.1 Å². The lowest BCUT2D eigenvalue weighted by molar-refractivity contribution is -0.123. The molecular formula is C17H24N2O2. The van der Waals surface area contributed by atoms with Crippen molar-refractivity contribution in [2.75, 3.05) is 11.4 Å². The number of nitrogens with one attached hydrogen (secondary N) is 1. The fraction of sp³-hybridized carbons (Fsp3) is 0.529. The van der Waals surface area contributed by atoms with Crippen LogP contribution >= 0.6 is 0 Å². The number of rotatable bonds is 4. The lowest BCUT2D eigenvalue weighted by Gasteiger charge is -2.25. The number of anilines is 1. The molecule has 0 aromatic heterocycles. The number of aryl methyl sites for hydroxylation is 1. The van der Waals surface area contributed by atoms with Crippen LogP contribution in [-0.4, -0.2) is 24.4 Å². The van der Waals surface area contributed by atoms with Gasteiger partial charge in [-0.2, -0.15) is 0 Å². The third kappa shape index (κ3) is 4.59. The van der Waals surface area contributed by atoms with Gasteiger partial charge in [0.2, 0.25) is 11.8 Å². The lowest BCUT2D eigenvalue weighted by Crippen LogP contribution is -2.44. The number of hydrogen-bond donors (Lipinski definition) is 1. The van der Waals surface area contributed by atoms with E-state index in [1.807, 2.05) is 31.2 Å². The second kappa shape index (κ2) is 7.25. The van der Waals surface area contributed by atoms with E-state index in [9.17, 15) is 9.59 Å². The van der Waals surface area contributed by atoms with Crippen molar-refractivity contribution in [1.82, 2.24) is 5.32 Å². The number of benzene rings is 1. The number of nitrogens with zero attached hydrogens (tertiary/aromatic N) is 1. The molecule has 114 valence electrons. The molecule has 1 saturated carbocycles. The van der Waals surface area contributed by atoms with Gasteiger partial charge >= 0.3 is 0 Å². The smallest absolute Gasteiger partial charge is 0.240 e. The Labute approximate surface area is 126 Å². The van der Waals surface area contributed by atoms with Gasteiger partial charge in [0, 0.05) is 18.7 Å². The molecule has 1 aliphatic rings. The molecule has 1 N–H and O–H groups in total. The van der Waals surface area contributed by atoms with Gasteiger partial charge in [0.1, 0.15) is 6.54 Å². The first-order chi connectivity index (χ1) is 10.1. The quantitative estimate of drug-likeness (QED) is 0.926. The van der Waals surface area contributed by atoms with Gasteiger partial charge < -0.3 is 10.2 Å². The Hall–Kier alpha value is -1.84. The molecule has 2 amide bonds. The summed E-state index contributed by atoms with van der Waals surface area (Å²) in [6.45, 7) is 3.56. The Morgan fingerprint density at radius 3 is 2.57 bits per heavy atom. The van der Waals surface area contributed by atoms with E-state index in [0.717, 1.165) is 24.1 Å². The van der Waals surface area contributed by atoms with Gasteiger partial charge in [0.25, 0.3) is 0 Å². The van der Waals surface area contributed by atoms with Crippen LogP contribution in [0.4, 0.5) is 5.69 Å². The molecule has 4 nitrogen and oxygen atoms in total. The lowest BCUT2D eigenvalue weighted by atomic mass is 9.95. The molecule has 0 bridgehead atoms. The molecular weight excluding hydrogens is 264 g/mol. The highest BCUT2D eigenvalue weighted by atomic mass is 16.2. The molecule has 1 aliphatic carbocycles. The van der Waals surface area contributed by atoms with Crippen LogP contribution < -0.4 is 10.2 Å². The van der Waals surface area contributed by atoms with Crippen LogP contribution in [0.3, 0.4) is 0 Å². The van der Waals surface area contributed by atoms with Crippen molar-refractivity contribution in [2.24, 2.45) is 0 Å². The molecule has 0 saturated heterocycles. The Balaban J connectivity index is 1.99. The number of carbonyl (C=O) groups excluding carboxylic acids is 2. The zero-order valence-electron chi connectivity index (χ0n) is 12.9. The van der Waals surface area contributed by atoms with Crippen LogP contribution in [0.15, 0.2) is 24.3 Å². The maximum absolute atomic E-state index is 12.2. The minimum Gasteiger partial charge on any atom is -0.352 e. The van der Waals surface area contributed by atoms with Gasteiger partial charge in [-0.1, -0.05) is 31.4 Å². The predicted molar refractivity (Wildman–Crippen MR) is 84.2 cm³/mol.